The van der Waals surface area contributed by atoms with Gasteiger partial charge in [0.15, 0.2) is 0 Å². The summed E-state index contributed by atoms with van der Waals surface area (Å²) in [5, 5.41) is 3.25. The van der Waals surface area contributed by atoms with Gasteiger partial charge in [-0.25, -0.2) is 8.42 Å². The molecule has 2 aliphatic heterocycles. The van der Waals surface area contributed by atoms with Crippen LogP contribution in [0.15, 0.2) is 29.2 Å². The average Bonchev–Trinajstić information content (AvgIpc) is 2.68. The van der Waals surface area contributed by atoms with Gasteiger partial charge in [-0.05, 0) is 57.9 Å². The molecule has 1 N–H and O–H groups in total. The largest absolute Gasteiger partial charge is 0.339 e. The van der Waals surface area contributed by atoms with Crippen LogP contribution in [0.25, 0.3) is 0 Å². The van der Waals surface area contributed by atoms with Crippen molar-refractivity contribution >= 4 is 28.3 Å². The van der Waals surface area contributed by atoms with E-state index < -0.39 is 10.0 Å². The van der Waals surface area contributed by atoms with Crippen LogP contribution in [0.5, 0.6) is 0 Å². The summed E-state index contributed by atoms with van der Waals surface area (Å²) in [5.74, 6) is -0.0803. The molecule has 1 unspecified atom stereocenters. The summed E-state index contributed by atoms with van der Waals surface area (Å²) >= 11 is 0. The van der Waals surface area contributed by atoms with Gasteiger partial charge in [-0.2, -0.15) is 4.31 Å². The average molecular weight is 416 g/mol. The molecule has 1 aromatic carbocycles. The fraction of sp³-hybridized carbons (Fsp3) is 0.632. The Morgan fingerprint density at radius 3 is 2.44 bits per heavy atom. The fourth-order valence-electron chi connectivity index (χ4n) is 3.91. The van der Waals surface area contributed by atoms with Crippen LogP contribution in [-0.4, -0.2) is 62.3 Å². The molecule has 0 bridgehead atoms. The van der Waals surface area contributed by atoms with E-state index in [0.717, 1.165) is 32.1 Å². The number of nitrogens with one attached hydrogen (secondary N) is 1. The van der Waals surface area contributed by atoms with Crippen LogP contribution in [0.1, 0.15) is 49.4 Å². The highest BCUT2D eigenvalue weighted by Crippen LogP contribution is 2.26. The zero-order valence-electron chi connectivity index (χ0n) is 16.1. The number of carbonyl (C=O) groups is 1. The summed E-state index contributed by atoms with van der Waals surface area (Å²) in [5.41, 5.74) is 0.457. The van der Waals surface area contributed by atoms with Gasteiger partial charge in [0.05, 0.1) is 4.90 Å². The van der Waals surface area contributed by atoms with Gasteiger partial charge >= 0.3 is 0 Å². The highest BCUT2D eigenvalue weighted by atomic mass is 35.5. The number of hydrogen-bond donors (Lipinski definition) is 1. The van der Waals surface area contributed by atoms with Gasteiger partial charge in [0.1, 0.15) is 0 Å². The van der Waals surface area contributed by atoms with Gasteiger partial charge in [0.25, 0.3) is 5.91 Å². The molecule has 0 spiro atoms. The number of nitrogens with zero attached hydrogens (tertiary/aromatic N) is 2. The topological polar surface area (TPSA) is 69.7 Å². The van der Waals surface area contributed by atoms with Crippen LogP contribution in [0.4, 0.5) is 0 Å². The zero-order chi connectivity index (χ0) is 18.7. The summed E-state index contributed by atoms with van der Waals surface area (Å²) in [4.78, 5) is 14.9. The van der Waals surface area contributed by atoms with Crippen molar-refractivity contribution in [2.45, 2.75) is 56.0 Å². The maximum Gasteiger partial charge on any atom is 0.253 e. The van der Waals surface area contributed by atoms with Gasteiger partial charge in [0.2, 0.25) is 10.0 Å². The molecule has 2 saturated heterocycles. The number of sulfonamides is 1. The monoisotopic (exact) mass is 415 g/mol. The Balaban J connectivity index is 0.00000261. The van der Waals surface area contributed by atoms with Crippen LogP contribution in [0.2, 0.25) is 0 Å². The Morgan fingerprint density at radius 2 is 1.81 bits per heavy atom. The quantitative estimate of drug-likeness (QED) is 0.820. The lowest BCUT2D eigenvalue weighted by Crippen LogP contribution is -2.44. The summed E-state index contributed by atoms with van der Waals surface area (Å²) in [7, 11) is -1.62. The van der Waals surface area contributed by atoms with Crippen LogP contribution < -0.4 is 5.32 Å². The van der Waals surface area contributed by atoms with Crippen molar-refractivity contribution in [2.75, 3.05) is 26.7 Å². The molecule has 152 valence electrons. The molecule has 27 heavy (non-hydrogen) atoms. The van der Waals surface area contributed by atoms with Crippen molar-refractivity contribution in [1.82, 2.24) is 14.5 Å². The van der Waals surface area contributed by atoms with Crippen molar-refractivity contribution in [3.8, 4) is 0 Å². The van der Waals surface area contributed by atoms with Gasteiger partial charge in [0, 0.05) is 37.3 Å². The van der Waals surface area contributed by atoms with Crippen LogP contribution >= 0.6 is 12.4 Å². The zero-order valence-corrected chi connectivity index (χ0v) is 17.7. The third kappa shape index (κ3) is 4.83. The first-order valence-corrected chi connectivity index (χ1v) is 11.0. The number of carbonyl (C=O) groups excluding carboxylic acids is 1. The van der Waals surface area contributed by atoms with Crippen LogP contribution in [-0.2, 0) is 10.0 Å². The number of amides is 1. The number of likely N-dealkylation sites (tertiary alicyclic amines) is 1. The minimum Gasteiger partial charge on any atom is -0.339 e. The minimum atomic E-state index is -3.56. The van der Waals surface area contributed by atoms with E-state index in [1.165, 1.54) is 0 Å². The minimum absolute atomic E-state index is 0. The molecule has 2 fully saturated rings. The Morgan fingerprint density at radius 1 is 1.11 bits per heavy atom. The predicted molar refractivity (Wildman–Crippen MR) is 109 cm³/mol. The second-order valence-electron chi connectivity index (χ2n) is 7.34. The van der Waals surface area contributed by atoms with Gasteiger partial charge in [-0.3, -0.25) is 4.79 Å². The predicted octanol–water partition coefficient (Wildman–Crippen LogP) is 2.50. The van der Waals surface area contributed by atoms with E-state index in [4.69, 9.17) is 0 Å². The first-order valence-electron chi connectivity index (χ1n) is 9.52. The van der Waals surface area contributed by atoms with Crippen molar-refractivity contribution < 1.29 is 13.2 Å². The first kappa shape index (κ1) is 22.1. The highest BCUT2D eigenvalue weighted by molar-refractivity contribution is 7.89. The number of rotatable bonds is 4. The second-order valence-corrected chi connectivity index (χ2v) is 9.23. The Kier molecular flexibility index (Phi) is 7.68. The SMILES string of the molecule is CNC1CCN(C(=O)c2cccc(S(=O)(=O)N3CCCCC3C)c2)CC1.Cl. The molecule has 0 aliphatic carbocycles. The molecule has 8 heteroatoms. The lowest BCUT2D eigenvalue weighted by Gasteiger charge is -2.33. The summed E-state index contributed by atoms with van der Waals surface area (Å²) in [6.07, 6.45) is 4.69. The Hall–Kier alpha value is -1.15. The maximum absolute atomic E-state index is 13.0. The lowest BCUT2D eigenvalue weighted by molar-refractivity contribution is 0.0707. The molecule has 1 atom stereocenters. The molecule has 2 heterocycles. The Labute approximate surface area is 168 Å². The summed E-state index contributed by atoms with van der Waals surface area (Å²) in [6.45, 7) is 3.91. The van der Waals surface area contributed by atoms with E-state index in [-0.39, 0.29) is 29.3 Å². The van der Waals surface area contributed by atoms with Crippen LogP contribution in [0.3, 0.4) is 0 Å². The highest BCUT2D eigenvalue weighted by Gasteiger charge is 2.31. The molecule has 3 rings (SSSR count). The number of halogens is 1. The Bertz CT molecular complexity index is 748. The van der Waals surface area contributed by atoms with E-state index in [2.05, 4.69) is 5.32 Å². The standard InChI is InChI=1S/C19H29N3O3S.ClH/c1-15-6-3-4-11-22(15)26(24,25)18-8-5-7-16(14-18)19(23)21-12-9-17(20-2)10-13-21;/h5,7-8,14-15,17,20H,3-4,6,9-13H2,1-2H3;1H. The normalized spacial score (nSPS) is 22.3. The smallest absolute Gasteiger partial charge is 0.253 e. The molecule has 1 amide bonds. The number of benzene rings is 1. The molecule has 0 saturated carbocycles. The molecular weight excluding hydrogens is 386 g/mol. The summed E-state index contributed by atoms with van der Waals surface area (Å²) in [6, 6.07) is 6.99. The van der Waals surface area contributed by atoms with Gasteiger partial charge in [-0.15, -0.1) is 12.4 Å². The van der Waals surface area contributed by atoms with E-state index >= 15 is 0 Å². The fourth-order valence-corrected chi connectivity index (χ4v) is 5.65. The second kappa shape index (κ2) is 9.37. The van der Waals surface area contributed by atoms with Gasteiger partial charge < -0.3 is 10.2 Å². The first-order chi connectivity index (χ1) is 12.4. The van der Waals surface area contributed by atoms with E-state index in [9.17, 15) is 13.2 Å². The number of piperidine rings is 2. The molecule has 0 aromatic heterocycles. The third-order valence-electron chi connectivity index (χ3n) is 5.62. The summed E-state index contributed by atoms with van der Waals surface area (Å²) < 4.78 is 27.6. The van der Waals surface area contributed by atoms with Crippen molar-refractivity contribution in [3.63, 3.8) is 0 Å². The maximum atomic E-state index is 13.0. The van der Waals surface area contributed by atoms with E-state index in [0.29, 0.717) is 31.2 Å². The number of hydrogen-bond acceptors (Lipinski definition) is 4. The third-order valence-corrected chi connectivity index (χ3v) is 7.63. The van der Waals surface area contributed by atoms with Gasteiger partial charge in [-0.1, -0.05) is 12.5 Å². The molecule has 2 aliphatic rings. The van der Waals surface area contributed by atoms with E-state index in [1.807, 2.05) is 18.9 Å². The molecule has 1 aromatic rings. The van der Waals surface area contributed by atoms with Crippen molar-refractivity contribution in [3.05, 3.63) is 29.8 Å². The van der Waals surface area contributed by atoms with E-state index in [1.54, 1.807) is 28.6 Å². The molecule has 6 nitrogen and oxygen atoms in total. The lowest BCUT2D eigenvalue weighted by atomic mass is 10.0. The molecule has 0 radical (unpaired) electrons. The van der Waals surface area contributed by atoms with Crippen molar-refractivity contribution in [2.24, 2.45) is 0 Å². The van der Waals surface area contributed by atoms with Crippen molar-refractivity contribution in [1.29, 1.82) is 0 Å². The molecular formula is C19H30ClN3O3S. The van der Waals surface area contributed by atoms with Crippen LogP contribution in [0, 0.1) is 0 Å².